The van der Waals surface area contributed by atoms with Crippen LogP contribution >= 0.6 is 15.9 Å². The van der Waals surface area contributed by atoms with Crippen molar-refractivity contribution < 1.29 is 17.9 Å². The summed E-state index contributed by atoms with van der Waals surface area (Å²) in [5, 5.41) is 9.35. The lowest BCUT2D eigenvalue weighted by Gasteiger charge is -2.10. The zero-order chi connectivity index (χ0) is 17.7. The highest BCUT2D eigenvalue weighted by atomic mass is 79.9. The Labute approximate surface area is 149 Å². The molecule has 0 radical (unpaired) electrons. The van der Waals surface area contributed by atoms with E-state index in [1.165, 1.54) is 32.4 Å². The summed E-state index contributed by atoms with van der Waals surface area (Å²) in [6, 6.07) is 12.9. The van der Waals surface area contributed by atoms with E-state index in [2.05, 4.69) is 15.9 Å². The fourth-order valence-electron chi connectivity index (χ4n) is 2.08. The van der Waals surface area contributed by atoms with Crippen molar-refractivity contribution in [1.82, 2.24) is 0 Å². The SMILES string of the molecule is COc1cccc(/C=C(\C#N)S(=O)(=O)c2ccc(Br)cc2)c1OC. The molecule has 2 aromatic carbocycles. The third kappa shape index (κ3) is 3.61. The summed E-state index contributed by atoms with van der Waals surface area (Å²) in [6.07, 6.45) is 1.28. The maximum Gasteiger partial charge on any atom is 0.216 e. The average Bonchev–Trinajstić information content (AvgIpc) is 2.59. The highest BCUT2D eigenvalue weighted by molar-refractivity contribution is 9.10. The third-order valence-electron chi connectivity index (χ3n) is 3.24. The van der Waals surface area contributed by atoms with Crippen LogP contribution in [-0.4, -0.2) is 22.6 Å². The second-order valence-corrected chi connectivity index (χ2v) is 7.49. The molecule has 7 heteroatoms. The van der Waals surface area contributed by atoms with Crippen LogP contribution in [0, 0.1) is 11.3 Å². The lowest BCUT2D eigenvalue weighted by Crippen LogP contribution is -2.03. The number of nitrogens with zero attached hydrogens (tertiary/aromatic N) is 1. The molecule has 0 bridgehead atoms. The summed E-state index contributed by atoms with van der Waals surface area (Å²) >= 11 is 3.25. The molecule has 0 aliphatic rings. The molecule has 0 unspecified atom stereocenters. The number of para-hydroxylation sites is 1. The maximum absolute atomic E-state index is 12.7. The number of ether oxygens (including phenoxy) is 2. The van der Waals surface area contributed by atoms with Crippen LogP contribution in [0.3, 0.4) is 0 Å². The third-order valence-corrected chi connectivity index (χ3v) is 5.45. The minimum Gasteiger partial charge on any atom is -0.493 e. The molecule has 24 heavy (non-hydrogen) atoms. The summed E-state index contributed by atoms with van der Waals surface area (Å²) < 4.78 is 36.5. The van der Waals surface area contributed by atoms with Crippen LogP contribution in [0.5, 0.6) is 11.5 Å². The fourth-order valence-corrected chi connectivity index (χ4v) is 3.49. The second-order valence-electron chi connectivity index (χ2n) is 4.66. The van der Waals surface area contributed by atoms with Crippen LogP contribution in [0.25, 0.3) is 6.08 Å². The second kappa shape index (κ2) is 7.51. The van der Waals surface area contributed by atoms with E-state index in [9.17, 15) is 13.7 Å². The minimum absolute atomic E-state index is 0.0420. The van der Waals surface area contributed by atoms with Crippen LogP contribution in [0.2, 0.25) is 0 Å². The van der Waals surface area contributed by atoms with Gasteiger partial charge in [0.1, 0.15) is 11.0 Å². The molecule has 124 valence electrons. The van der Waals surface area contributed by atoms with Crippen molar-refractivity contribution in [2.45, 2.75) is 4.90 Å². The minimum atomic E-state index is -3.93. The number of rotatable bonds is 5. The van der Waals surface area contributed by atoms with Gasteiger partial charge in [-0.1, -0.05) is 28.1 Å². The van der Waals surface area contributed by atoms with E-state index in [1.807, 2.05) is 0 Å². The molecule has 0 N–H and O–H groups in total. The fraction of sp³-hybridized carbons (Fsp3) is 0.118. The molecule has 0 saturated carbocycles. The number of nitriles is 1. The highest BCUT2D eigenvalue weighted by Crippen LogP contribution is 2.33. The topological polar surface area (TPSA) is 76.4 Å². The number of hydrogen-bond donors (Lipinski definition) is 0. The summed E-state index contributed by atoms with van der Waals surface area (Å²) in [5.41, 5.74) is 0.439. The van der Waals surface area contributed by atoms with Gasteiger partial charge in [0, 0.05) is 10.0 Å². The Morgan fingerprint density at radius 3 is 2.33 bits per heavy atom. The number of methoxy groups -OCH3 is 2. The summed E-state index contributed by atoms with van der Waals surface area (Å²) in [5.74, 6) is 0.809. The van der Waals surface area contributed by atoms with E-state index >= 15 is 0 Å². The maximum atomic E-state index is 12.7. The van der Waals surface area contributed by atoms with Gasteiger partial charge in [0.05, 0.1) is 19.1 Å². The smallest absolute Gasteiger partial charge is 0.216 e. The van der Waals surface area contributed by atoms with Crippen LogP contribution in [0.15, 0.2) is 56.7 Å². The Morgan fingerprint density at radius 2 is 1.79 bits per heavy atom. The molecular weight excluding hydrogens is 394 g/mol. The molecule has 0 heterocycles. The summed E-state index contributed by atoms with van der Waals surface area (Å²) in [6.45, 7) is 0. The molecule has 0 saturated heterocycles. The van der Waals surface area contributed by atoms with Gasteiger partial charge in [0.15, 0.2) is 11.5 Å². The van der Waals surface area contributed by atoms with E-state index in [4.69, 9.17) is 9.47 Å². The zero-order valence-corrected chi connectivity index (χ0v) is 15.4. The molecule has 0 aliphatic carbocycles. The predicted molar refractivity (Wildman–Crippen MR) is 94.5 cm³/mol. The van der Waals surface area contributed by atoms with Crippen LogP contribution in [0.1, 0.15) is 5.56 Å². The van der Waals surface area contributed by atoms with Gasteiger partial charge in [-0.15, -0.1) is 0 Å². The van der Waals surface area contributed by atoms with Gasteiger partial charge in [-0.2, -0.15) is 5.26 Å². The van der Waals surface area contributed by atoms with Gasteiger partial charge in [0.2, 0.25) is 9.84 Å². The first-order valence-corrected chi connectivity index (χ1v) is 9.05. The Morgan fingerprint density at radius 1 is 1.12 bits per heavy atom. The lowest BCUT2D eigenvalue weighted by molar-refractivity contribution is 0.354. The molecule has 2 aromatic rings. The van der Waals surface area contributed by atoms with Crippen molar-refractivity contribution in [3.63, 3.8) is 0 Å². The molecule has 0 fully saturated rings. The number of benzene rings is 2. The van der Waals surface area contributed by atoms with Gasteiger partial charge in [-0.05, 0) is 36.4 Å². The number of allylic oxidation sites excluding steroid dienone is 1. The monoisotopic (exact) mass is 407 g/mol. The van der Waals surface area contributed by atoms with Crippen LogP contribution in [0.4, 0.5) is 0 Å². The van der Waals surface area contributed by atoms with E-state index < -0.39 is 9.84 Å². The quantitative estimate of drug-likeness (QED) is 0.704. The van der Waals surface area contributed by atoms with Gasteiger partial charge in [-0.25, -0.2) is 8.42 Å². The van der Waals surface area contributed by atoms with E-state index in [0.717, 1.165) is 4.47 Å². The van der Waals surface area contributed by atoms with Gasteiger partial charge in [0.25, 0.3) is 0 Å². The number of hydrogen-bond acceptors (Lipinski definition) is 5. The molecule has 0 spiro atoms. The molecule has 0 aliphatic heterocycles. The van der Waals surface area contributed by atoms with Crippen molar-refractivity contribution in [1.29, 1.82) is 5.26 Å². The normalized spacial score (nSPS) is 11.7. The highest BCUT2D eigenvalue weighted by Gasteiger charge is 2.21. The number of halogens is 1. The lowest BCUT2D eigenvalue weighted by atomic mass is 10.1. The van der Waals surface area contributed by atoms with Crippen molar-refractivity contribution in [3.8, 4) is 17.6 Å². The van der Waals surface area contributed by atoms with Crippen molar-refractivity contribution in [2.24, 2.45) is 0 Å². The molecule has 5 nitrogen and oxygen atoms in total. The average molecular weight is 408 g/mol. The molecule has 0 atom stereocenters. The van der Waals surface area contributed by atoms with Crippen molar-refractivity contribution in [3.05, 3.63) is 57.4 Å². The van der Waals surface area contributed by atoms with E-state index in [-0.39, 0.29) is 9.80 Å². The van der Waals surface area contributed by atoms with Crippen molar-refractivity contribution >= 4 is 31.8 Å². The largest absolute Gasteiger partial charge is 0.493 e. The Bertz CT molecular complexity index is 913. The standard InChI is InChI=1S/C17H14BrNO4S/c1-22-16-5-3-4-12(17(16)23-2)10-15(11-19)24(20,21)14-8-6-13(18)7-9-14/h3-10H,1-2H3/b15-10+. The summed E-state index contributed by atoms with van der Waals surface area (Å²) in [4.78, 5) is -0.336. The van der Waals surface area contributed by atoms with Crippen LogP contribution in [-0.2, 0) is 9.84 Å². The molecule has 0 aromatic heterocycles. The van der Waals surface area contributed by atoms with Gasteiger partial charge >= 0.3 is 0 Å². The number of sulfone groups is 1. The summed E-state index contributed by atoms with van der Waals surface area (Å²) in [7, 11) is -0.998. The molecule has 0 amide bonds. The molecular formula is C17H14BrNO4S. The van der Waals surface area contributed by atoms with Crippen LogP contribution < -0.4 is 9.47 Å². The van der Waals surface area contributed by atoms with Gasteiger partial charge in [-0.3, -0.25) is 0 Å². The Balaban J connectivity index is 2.58. The molecule has 2 rings (SSSR count). The first kappa shape index (κ1) is 18.0. The van der Waals surface area contributed by atoms with E-state index in [1.54, 1.807) is 36.4 Å². The zero-order valence-electron chi connectivity index (χ0n) is 13.0. The Hall–Kier alpha value is -2.30. The predicted octanol–water partition coefficient (Wildman–Crippen LogP) is 3.80. The Kier molecular flexibility index (Phi) is 5.65. The van der Waals surface area contributed by atoms with E-state index in [0.29, 0.717) is 17.1 Å². The van der Waals surface area contributed by atoms with Crippen molar-refractivity contribution in [2.75, 3.05) is 14.2 Å². The first-order chi connectivity index (χ1) is 11.4. The van der Waals surface area contributed by atoms with Gasteiger partial charge < -0.3 is 9.47 Å². The first-order valence-electron chi connectivity index (χ1n) is 6.77.